The van der Waals surface area contributed by atoms with Gasteiger partial charge in [0.2, 0.25) is 5.91 Å². The smallest absolute Gasteiger partial charge is 0.305 e. The Morgan fingerprint density at radius 1 is 0.414 bits per heavy atom. The lowest BCUT2D eigenvalue weighted by Gasteiger charge is -2.22. The molecule has 6 heteroatoms. The fraction of sp³-hybridized carbons (Fsp3) is 0.962. The summed E-state index contributed by atoms with van der Waals surface area (Å²) in [5, 5.41) is 23.1. The van der Waals surface area contributed by atoms with Crippen molar-refractivity contribution in [2.24, 2.45) is 0 Å². The molecule has 0 spiro atoms. The van der Waals surface area contributed by atoms with E-state index in [9.17, 15) is 19.8 Å². The van der Waals surface area contributed by atoms with E-state index in [1.807, 2.05) is 0 Å². The van der Waals surface area contributed by atoms with Crippen molar-refractivity contribution in [1.29, 1.82) is 0 Å². The number of ether oxygens (including phenoxy) is 1. The molecule has 0 bridgehead atoms. The lowest BCUT2D eigenvalue weighted by atomic mass is 10.0. The second-order valence-corrected chi connectivity index (χ2v) is 18.2. The van der Waals surface area contributed by atoms with Crippen molar-refractivity contribution >= 4 is 11.9 Å². The fourth-order valence-corrected chi connectivity index (χ4v) is 8.35. The topological polar surface area (TPSA) is 95.9 Å². The van der Waals surface area contributed by atoms with E-state index in [0.29, 0.717) is 25.9 Å². The Balaban J connectivity index is 3.40. The first kappa shape index (κ1) is 56.9. The van der Waals surface area contributed by atoms with Crippen LogP contribution >= 0.6 is 0 Å². The standard InChI is InChI=1S/C52H103NO5/c1-3-5-7-9-11-13-15-16-17-18-19-20-21-26-30-34-38-42-46-52(57)58-47-43-39-35-31-27-23-22-25-29-33-37-41-45-51(56)53-49(48-54)50(55)44-40-36-32-28-24-14-12-10-8-6-4-2/h49-50,54-55H,3-48H2,1-2H3,(H,53,56). The molecular formula is C52H103NO5. The van der Waals surface area contributed by atoms with E-state index in [2.05, 4.69) is 19.2 Å². The van der Waals surface area contributed by atoms with Crippen LogP contribution in [0.2, 0.25) is 0 Å². The van der Waals surface area contributed by atoms with Gasteiger partial charge in [0.25, 0.3) is 0 Å². The maximum atomic E-state index is 12.4. The van der Waals surface area contributed by atoms with E-state index in [1.54, 1.807) is 0 Å². The number of carbonyl (C=O) groups is 2. The van der Waals surface area contributed by atoms with E-state index >= 15 is 0 Å². The lowest BCUT2D eigenvalue weighted by Crippen LogP contribution is -2.45. The third-order valence-electron chi connectivity index (χ3n) is 12.4. The van der Waals surface area contributed by atoms with Gasteiger partial charge in [-0.1, -0.05) is 258 Å². The monoisotopic (exact) mass is 822 g/mol. The van der Waals surface area contributed by atoms with Crippen LogP contribution in [0.25, 0.3) is 0 Å². The highest BCUT2D eigenvalue weighted by Gasteiger charge is 2.20. The van der Waals surface area contributed by atoms with Gasteiger partial charge >= 0.3 is 5.97 Å². The van der Waals surface area contributed by atoms with Crippen LogP contribution in [-0.4, -0.2) is 47.4 Å². The fourth-order valence-electron chi connectivity index (χ4n) is 8.35. The molecule has 0 aliphatic heterocycles. The van der Waals surface area contributed by atoms with Crippen molar-refractivity contribution in [1.82, 2.24) is 5.32 Å². The van der Waals surface area contributed by atoms with Crippen molar-refractivity contribution in [3.63, 3.8) is 0 Å². The zero-order valence-corrected chi connectivity index (χ0v) is 39.3. The molecule has 0 aromatic rings. The van der Waals surface area contributed by atoms with Crippen molar-refractivity contribution in [3.8, 4) is 0 Å². The predicted octanol–water partition coefficient (Wildman–Crippen LogP) is 15.6. The largest absolute Gasteiger partial charge is 0.466 e. The molecule has 0 rings (SSSR count). The molecule has 6 nitrogen and oxygen atoms in total. The molecular weight excluding hydrogens is 719 g/mol. The molecule has 0 fully saturated rings. The number of hydrogen-bond donors (Lipinski definition) is 3. The molecule has 0 aliphatic rings. The van der Waals surface area contributed by atoms with Crippen LogP contribution in [0.4, 0.5) is 0 Å². The Hall–Kier alpha value is -1.14. The normalized spacial score (nSPS) is 12.6. The van der Waals surface area contributed by atoms with Crippen molar-refractivity contribution in [2.45, 2.75) is 309 Å². The predicted molar refractivity (Wildman–Crippen MR) is 250 cm³/mol. The molecule has 346 valence electrons. The van der Waals surface area contributed by atoms with Gasteiger partial charge < -0.3 is 20.3 Å². The van der Waals surface area contributed by atoms with Gasteiger partial charge in [-0.25, -0.2) is 0 Å². The molecule has 0 aliphatic carbocycles. The molecule has 0 aromatic heterocycles. The van der Waals surface area contributed by atoms with Crippen molar-refractivity contribution < 1.29 is 24.5 Å². The second kappa shape index (κ2) is 48.5. The number of hydrogen-bond acceptors (Lipinski definition) is 5. The summed E-state index contributed by atoms with van der Waals surface area (Å²) in [6.07, 6.45) is 53.6. The van der Waals surface area contributed by atoms with Crippen LogP contribution in [0.3, 0.4) is 0 Å². The molecule has 3 N–H and O–H groups in total. The Morgan fingerprint density at radius 3 is 1.05 bits per heavy atom. The minimum absolute atomic E-state index is 0.00449. The van der Waals surface area contributed by atoms with Crippen LogP contribution in [0.15, 0.2) is 0 Å². The van der Waals surface area contributed by atoms with Gasteiger partial charge in [-0.3, -0.25) is 9.59 Å². The van der Waals surface area contributed by atoms with E-state index in [0.717, 1.165) is 57.8 Å². The first-order chi connectivity index (χ1) is 28.5. The van der Waals surface area contributed by atoms with Gasteiger partial charge in [0.1, 0.15) is 0 Å². The first-order valence-electron chi connectivity index (χ1n) is 26.3. The number of unbranched alkanes of at least 4 members (excludes halogenated alkanes) is 38. The van der Waals surface area contributed by atoms with E-state index < -0.39 is 12.1 Å². The van der Waals surface area contributed by atoms with E-state index in [1.165, 1.54) is 205 Å². The minimum Gasteiger partial charge on any atom is -0.466 e. The Kier molecular flexibility index (Phi) is 47.6. The first-order valence-corrected chi connectivity index (χ1v) is 26.3. The minimum atomic E-state index is -0.671. The Bertz CT molecular complexity index is 822. The van der Waals surface area contributed by atoms with Crippen LogP contribution in [-0.2, 0) is 14.3 Å². The Morgan fingerprint density at radius 2 is 0.707 bits per heavy atom. The maximum absolute atomic E-state index is 12.4. The maximum Gasteiger partial charge on any atom is 0.305 e. The van der Waals surface area contributed by atoms with E-state index in [-0.39, 0.29) is 18.5 Å². The highest BCUT2D eigenvalue weighted by molar-refractivity contribution is 5.76. The second-order valence-electron chi connectivity index (χ2n) is 18.2. The molecule has 0 saturated heterocycles. The molecule has 0 radical (unpaired) electrons. The number of aliphatic hydroxyl groups excluding tert-OH is 2. The molecule has 2 atom stereocenters. The van der Waals surface area contributed by atoms with Gasteiger partial charge in [0, 0.05) is 12.8 Å². The van der Waals surface area contributed by atoms with Crippen LogP contribution in [0.1, 0.15) is 296 Å². The molecule has 2 unspecified atom stereocenters. The molecule has 1 amide bonds. The van der Waals surface area contributed by atoms with E-state index in [4.69, 9.17) is 4.74 Å². The summed E-state index contributed by atoms with van der Waals surface area (Å²) < 4.78 is 5.48. The van der Waals surface area contributed by atoms with Gasteiger partial charge in [0.05, 0.1) is 25.4 Å². The number of esters is 1. The third-order valence-corrected chi connectivity index (χ3v) is 12.4. The number of carbonyl (C=O) groups excluding carboxylic acids is 2. The Labute approximate surface area is 362 Å². The summed E-state index contributed by atoms with van der Waals surface area (Å²) in [4.78, 5) is 24.5. The average Bonchev–Trinajstić information content (AvgIpc) is 3.22. The summed E-state index contributed by atoms with van der Waals surface area (Å²) in [6.45, 7) is 4.93. The molecule has 0 heterocycles. The summed E-state index contributed by atoms with van der Waals surface area (Å²) in [5.74, 6) is -0.0544. The summed E-state index contributed by atoms with van der Waals surface area (Å²) in [7, 11) is 0. The SMILES string of the molecule is CCCCCCCCCCCCCCCCCCCCC(=O)OCCCCCCCCCCCCCCC(=O)NC(CO)C(O)CCCCCCCCCCCCC. The molecule has 0 saturated carbocycles. The van der Waals surface area contributed by atoms with Crippen molar-refractivity contribution in [3.05, 3.63) is 0 Å². The van der Waals surface area contributed by atoms with Gasteiger partial charge in [-0.05, 0) is 25.7 Å². The number of aliphatic hydroxyl groups is 2. The zero-order valence-electron chi connectivity index (χ0n) is 39.3. The lowest BCUT2D eigenvalue weighted by molar-refractivity contribution is -0.143. The van der Waals surface area contributed by atoms with Gasteiger partial charge in [-0.2, -0.15) is 0 Å². The van der Waals surface area contributed by atoms with Gasteiger partial charge in [-0.15, -0.1) is 0 Å². The number of nitrogens with one attached hydrogen (secondary N) is 1. The highest BCUT2D eigenvalue weighted by Crippen LogP contribution is 2.17. The summed E-state index contributed by atoms with van der Waals surface area (Å²) >= 11 is 0. The third kappa shape index (κ3) is 44.4. The quantitative estimate of drug-likeness (QED) is 0.0420. The highest BCUT2D eigenvalue weighted by atomic mass is 16.5. The van der Waals surface area contributed by atoms with Crippen LogP contribution in [0.5, 0.6) is 0 Å². The molecule has 0 aromatic carbocycles. The number of amides is 1. The number of rotatable bonds is 49. The molecule has 58 heavy (non-hydrogen) atoms. The summed E-state index contributed by atoms with van der Waals surface area (Å²) in [6, 6.07) is -0.550. The summed E-state index contributed by atoms with van der Waals surface area (Å²) in [5.41, 5.74) is 0. The average molecular weight is 822 g/mol. The zero-order chi connectivity index (χ0) is 42.3. The van der Waals surface area contributed by atoms with Crippen LogP contribution in [0, 0.1) is 0 Å². The van der Waals surface area contributed by atoms with Crippen LogP contribution < -0.4 is 5.32 Å². The van der Waals surface area contributed by atoms with Crippen molar-refractivity contribution in [2.75, 3.05) is 13.2 Å². The van der Waals surface area contributed by atoms with Gasteiger partial charge in [0.15, 0.2) is 0 Å².